The number of rotatable bonds is 3. The molecule has 1 saturated heterocycles. The molecule has 7 heteroatoms. The normalized spacial score (nSPS) is 14.3. The molecule has 7 nitrogen and oxygen atoms in total. The minimum Gasteiger partial charge on any atom is -0.379 e. The van der Waals surface area contributed by atoms with Gasteiger partial charge in [0, 0.05) is 61.8 Å². The molecule has 0 spiro atoms. The lowest BCUT2D eigenvalue weighted by Crippen LogP contribution is -2.35. The van der Waals surface area contributed by atoms with Crippen molar-refractivity contribution in [2.24, 2.45) is 12.8 Å². The number of nitrogens with zero attached hydrogens (tertiary/aromatic N) is 3. The van der Waals surface area contributed by atoms with E-state index < -0.39 is 5.91 Å². The standard InChI is InChI=1S/C23H22N4O3/c1-26-15-20(23(24)29)22(28)19-12-17(14-27-7-9-30-10-8-27)11-18(21(19)26)5-4-16-3-2-6-25-13-16/h2-3,6,11-13,15H,7-10,14H2,1H3,(H2,24,29). The predicted octanol–water partition coefficient (Wildman–Crippen LogP) is 1.26. The average Bonchev–Trinajstić information content (AvgIpc) is 2.75. The Bertz CT molecular complexity index is 1220. The highest BCUT2D eigenvalue weighted by atomic mass is 16.5. The van der Waals surface area contributed by atoms with Crippen molar-refractivity contribution in [1.82, 2.24) is 14.5 Å². The van der Waals surface area contributed by atoms with Crippen LogP contribution in [0.3, 0.4) is 0 Å². The number of carbonyl (C=O) groups is 1. The summed E-state index contributed by atoms with van der Waals surface area (Å²) in [5.41, 5.74) is 8.15. The van der Waals surface area contributed by atoms with Gasteiger partial charge < -0.3 is 15.0 Å². The smallest absolute Gasteiger partial charge is 0.254 e. The molecule has 2 N–H and O–H groups in total. The van der Waals surface area contributed by atoms with Crippen LogP contribution in [-0.2, 0) is 18.3 Å². The van der Waals surface area contributed by atoms with Crippen LogP contribution in [0.5, 0.6) is 0 Å². The van der Waals surface area contributed by atoms with E-state index in [0.29, 0.717) is 30.7 Å². The van der Waals surface area contributed by atoms with Crippen LogP contribution in [0.15, 0.2) is 47.7 Å². The summed E-state index contributed by atoms with van der Waals surface area (Å²) in [6.45, 7) is 3.71. The van der Waals surface area contributed by atoms with Crippen LogP contribution in [0.1, 0.15) is 27.0 Å². The summed E-state index contributed by atoms with van der Waals surface area (Å²) >= 11 is 0. The summed E-state index contributed by atoms with van der Waals surface area (Å²) < 4.78 is 7.16. The zero-order valence-corrected chi connectivity index (χ0v) is 16.7. The SMILES string of the molecule is Cn1cc(C(N)=O)c(=O)c2cc(CN3CCOCC3)cc(C#Cc3cccnc3)c21. The van der Waals surface area contributed by atoms with Gasteiger partial charge in [0.25, 0.3) is 5.91 Å². The van der Waals surface area contributed by atoms with Crippen LogP contribution >= 0.6 is 0 Å². The van der Waals surface area contributed by atoms with Gasteiger partial charge in [-0.1, -0.05) is 11.8 Å². The topological polar surface area (TPSA) is 90.5 Å². The molecule has 0 radical (unpaired) electrons. The zero-order chi connectivity index (χ0) is 21.1. The third-order valence-corrected chi connectivity index (χ3v) is 5.11. The first-order valence-corrected chi connectivity index (χ1v) is 9.71. The molecule has 1 aliphatic heterocycles. The summed E-state index contributed by atoms with van der Waals surface area (Å²) in [5, 5.41) is 0.440. The highest BCUT2D eigenvalue weighted by Gasteiger charge is 2.17. The Morgan fingerprint density at radius 1 is 1.27 bits per heavy atom. The largest absolute Gasteiger partial charge is 0.379 e. The number of hydrogen-bond acceptors (Lipinski definition) is 5. The van der Waals surface area contributed by atoms with Crippen LogP contribution in [0.4, 0.5) is 0 Å². The number of hydrogen-bond donors (Lipinski definition) is 1. The highest BCUT2D eigenvalue weighted by molar-refractivity contribution is 5.97. The zero-order valence-electron chi connectivity index (χ0n) is 16.7. The van der Waals surface area contributed by atoms with E-state index in [4.69, 9.17) is 10.5 Å². The molecular formula is C23H22N4O3. The van der Waals surface area contributed by atoms with E-state index in [0.717, 1.165) is 29.8 Å². The molecule has 152 valence electrons. The second-order valence-electron chi connectivity index (χ2n) is 7.27. The van der Waals surface area contributed by atoms with Gasteiger partial charge in [0.2, 0.25) is 5.43 Å². The van der Waals surface area contributed by atoms with Gasteiger partial charge in [-0.25, -0.2) is 0 Å². The van der Waals surface area contributed by atoms with Crippen molar-refractivity contribution in [3.8, 4) is 11.8 Å². The quantitative estimate of drug-likeness (QED) is 0.666. The Morgan fingerprint density at radius 2 is 2.07 bits per heavy atom. The Morgan fingerprint density at radius 3 is 2.77 bits per heavy atom. The molecular weight excluding hydrogens is 380 g/mol. The van der Waals surface area contributed by atoms with Gasteiger partial charge in [0.1, 0.15) is 5.56 Å². The molecule has 1 amide bonds. The number of ether oxygens (including phenoxy) is 1. The second kappa shape index (κ2) is 8.49. The Labute approximate surface area is 174 Å². The molecule has 3 aromatic rings. The van der Waals surface area contributed by atoms with Gasteiger partial charge in [-0.05, 0) is 29.8 Å². The van der Waals surface area contributed by atoms with Gasteiger partial charge in [-0.2, -0.15) is 0 Å². The molecule has 0 unspecified atom stereocenters. The summed E-state index contributed by atoms with van der Waals surface area (Å²) in [7, 11) is 1.78. The monoisotopic (exact) mass is 402 g/mol. The number of amides is 1. The molecule has 3 heterocycles. The van der Waals surface area contributed by atoms with Crippen molar-refractivity contribution in [1.29, 1.82) is 0 Å². The van der Waals surface area contributed by atoms with E-state index in [2.05, 4.69) is 21.7 Å². The number of fused-ring (bicyclic) bond motifs is 1. The van der Waals surface area contributed by atoms with Gasteiger partial charge in [-0.15, -0.1) is 0 Å². The minimum atomic E-state index is -0.737. The predicted molar refractivity (Wildman–Crippen MR) is 114 cm³/mol. The first kappa shape index (κ1) is 19.8. The number of primary amides is 1. The summed E-state index contributed by atoms with van der Waals surface area (Å²) in [6, 6.07) is 7.55. The van der Waals surface area contributed by atoms with Crippen LogP contribution in [0.25, 0.3) is 10.9 Å². The van der Waals surface area contributed by atoms with Crippen LogP contribution in [-0.4, -0.2) is 46.7 Å². The Kier molecular flexibility index (Phi) is 5.61. The van der Waals surface area contributed by atoms with Gasteiger partial charge >= 0.3 is 0 Å². The summed E-state index contributed by atoms with van der Waals surface area (Å²) in [5.74, 6) is 5.57. The lowest BCUT2D eigenvalue weighted by Gasteiger charge is -2.26. The summed E-state index contributed by atoms with van der Waals surface area (Å²) in [6.07, 6.45) is 4.86. The Hall–Kier alpha value is -3.47. The molecule has 30 heavy (non-hydrogen) atoms. The van der Waals surface area contributed by atoms with Crippen LogP contribution < -0.4 is 11.2 Å². The lowest BCUT2D eigenvalue weighted by atomic mass is 10.0. The molecule has 0 saturated carbocycles. The van der Waals surface area contributed by atoms with Gasteiger partial charge in [0.15, 0.2) is 0 Å². The van der Waals surface area contributed by atoms with E-state index in [1.54, 1.807) is 24.0 Å². The fourth-order valence-corrected chi connectivity index (χ4v) is 3.67. The van der Waals surface area contributed by atoms with E-state index in [1.165, 1.54) is 6.20 Å². The minimum absolute atomic E-state index is 0.0281. The molecule has 0 atom stereocenters. The number of aryl methyl sites for hydroxylation is 1. The number of pyridine rings is 2. The third kappa shape index (κ3) is 4.10. The van der Waals surface area contributed by atoms with E-state index in [1.807, 2.05) is 24.3 Å². The highest BCUT2D eigenvalue weighted by Crippen LogP contribution is 2.20. The van der Waals surface area contributed by atoms with Crippen LogP contribution in [0.2, 0.25) is 0 Å². The third-order valence-electron chi connectivity index (χ3n) is 5.11. The molecule has 1 aliphatic rings. The number of carbonyl (C=O) groups excluding carboxylic acids is 1. The molecule has 1 aromatic carbocycles. The van der Waals surface area contributed by atoms with Crippen molar-refractivity contribution in [3.63, 3.8) is 0 Å². The van der Waals surface area contributed by atoms with Crippen LogP contribution in [0, 0.1) is 11.8 Å². The average molecular weight is 402 g/mol. The molecule has 2 aromatic heterocycles. The molecule has 4 rings (SSSR count). The maximum Gasteiger partial charge on any atom is 0.254 e. The maximum atomic E-state index is 13.0. The maximum absolute atomic E-state index is 13.0. The van der Waals surface area contributed by atoms with Gasteiger partial charge in [0.05, 0.1) is 18.7 Å². The first-order chi connectivity index (χ1) is 14.5. The summed E-state index contributed by atoms with van der Waals surface area (Å²) in [4.78, 5) is 31.1. The van der Waals surface area contributed by atoms with E-state index >= 15 is 0 Å². The Balaban J connectivity index is 1.88. The van der Waals surface area contributed by atoms with E-state index in [9.17, 15) is 9.59 Å². The first-order valence-electron chi connectivity index (χ1n) is 9.71. The second-order valence-corrected chi connectivity index (χ2v) is 7.27. The van der Waals surface area contributed by atoms with Crippen molar-refractivity contribution in [2.45, 2.75) is 6.54 Å². The van der Waals surface area contributed by atoms with Crippen molar-refractivity contribution >= 4 is 16.8 Å². The lowest BCUT2D eigenvalue weighted by molar-refractivity contribution is 0.0342. The molecule has 0 bridgehead atoms. The fraction of sp³-hybridized carbons (Fsp3) is 0.261. The fourth-order valence-electron chi connectivity index (χ4n) is 3.67. The van der Waals surface area contributed by atoms with Crippen molar-refractivity contribution < 1.29 is 9.53 Å². The molecule has 0 aliphatic carbocycles. The molecule has 1 fully saturated rings. The number of nitrogens with two attached hydrogens (primary N) is 1. The number of aromatic nitrogens is 2. The van der Waals surface area contributed by atoms with Crippen molar-refractivity contribution in [3.05, 3.63) is 75.3 Å². The van der Waals surface area contributed by atoms with Crippen molar-refractivity contribution in [2.75, 3.05) is 26.3 Å². The van der Waals surface area contributed by atoms with E-state index in [-0.39, 0.29) is 11.0 Å². The number of morpholine rings is 1. The van der Waals surface area contributed by atoms with Gasteiger partial charge in [-0.3, -0.25) is 19.5 Å². The number of benzene rings is 1.